The predicted molar refractivity (Wildman–Crippen MR) is 107 cm³/mol. The van der Waals surface area contributed by atoms with Crippen molar-refractivity contribution in [1.29, 1.82) is 0 Å². The lowest BCUT2D eigenvalue weighted by Gasteiger charge is -2.26. The van der Waals surface area contributed by atoms with Crippen molar-refractivity contribution >= 4 is 18.3 Å². The zero-order valence-electron chi connectivity index (χ0n) is 15.6. The molecule has 1 aliphatic rings. The van der Waals surface area contributed by atoms with E-state index in [2.05, 4.69) is 28.6 Å². The molecule has 1 fully saturated rings. The minimum Gasteiger partial charge on any atom is -0.346 e. The molecule has 1 N–H and O–H groups in total. The van der Waals surface area contributed by atoms with Crippen LogP contribution in [0.1, 0.15) is 25.0 Å². The highest BCUT2D eigenvalue weighted by atomic mass is 35.5. The number of hydrogen-bond donors (Lipinski definition) is 1. The number of amides is 1. The number of piperidine rings is 1. The van der Waals surface area contributed by atoms with Crippen LogP contribution in [0.4, 0.5) is 0 Å². The monoisotopic (exact) mass is 376 g/mol. The van der Waals surface area contributed by atoms with Crippen LogP contribution in [0.5, 0.6) is 0 Å². The van der Waals surface area contributed by atoms with Gasteiger partial charge in [-0.3, -0.25) is 9.48 Å². The van der Waals surface area contributed by atoms with Gasteiger partial charge in [0.25, 0.3) is 0 Å². The van der Waals surface area contributed by atoms with Crippen LogP contribution in [0.25, 0.3) is 11.3 Å². The molecule has 2 aromatic rings. The number of aryl methyl sites for hydroxylation is 2. The molecule has 142 valence electrons. The third-order valence-corrected chi connectivity index (χ3v) is 4.99. The number of carbonyl (C=O) groups is 1. The molecule has 0 bridgehead atoms. The van der Waals surface area contributed by atoms with Gasteiger partial charge in [-0.1, -0.05) is 30.3 Å². The lowest BCUT2D eigenvalue weighted by Crippen LogP contribution is -2.39. The van der Waals surface area contributed by atoms with Crippen LogP contribution < -0.4 is 5.32 Å². The van der Waals surface area contributed by atoms with Crippen LogP contribution in [0.15, 0.2) is 36.4 Å². The molecule has 6 heteroatoms. The van der Waals surface area contributed by atoms with Crippen molar-refractivity contribution in [2.45, 2.75) is 25.7 Å². The van der Waals surface area contributed by atoms with Crippen LogP contribution in [-0.4, -0.2) is 47.3 Å². The molecule has 1 aromatic heterocycles. The van der Waals surface area contributed by atoms with Crippen LogP contribution in [0, 0.1) is 5.92 Å². The normalized spacial score (nSPS) is 14.7. The molecule has 5 nitrogen and oxygen atoms in total. The maximum Gasteiger partial charge on any atom is 0.225 e. The number of halogens is 1. The van der Waals surface area contributed by atoms with Gasteiger partial charge < -0.3 is 10.2 Å². The summed E-state index contributed by atoms with van der Waals surface area (Å²) in [7, 11) is 3.91. The summed E-state index contributed by atoms with van der Waals surface area (Å²) in [6.07, 6.45) is 3.76. The Kier molecular flexibility index (Phi) is 7.66. The van der Waals surface area contributed by atoms with Crippen LogP contribution in [0.2, 0.25) is 0 Å². The van der Waals surface area contributed by atoms with Crippen molar-refractivity contribution in [3.8, 4) is 11.3 Å². The zero-order valence-corrected chi connectivity index (χ0v) is 16.5. The predicted octanol–water partition coefficient (Wildman–Crippen LogP) is 2.90. The Labute approximate surface area is 162 Å². The second kappa shape index (κ2) is 9.74. The van der Waals surface area contributed by atoms with E-state index in [1.54, 1.807) is 0 Å². The Morgan fingerprint density at radius 3 is 2.65 bits per heavy atom. The van der Waals surface area contributed by atoms with Crippen LogP contribution in [0.3, 0.4) is 0 Å². The van der Waals surface area contributed by atoms with Gasteiger partial charge in [0.05, 0.1) is 11.4 Å². The first-order valence-electron chi connectivity index (χ1n) is 9.19. The van der Waals surface area contributed by atoms with Crippen LogP contribution >= 0.6 is 12.4 Å². The molecule has 0 radical (unpaired) electrons. The van der Waals surface area contributed by atoms with Gasteiger partial charge in [-0.05, 0) is 50.4 Å². The largest absolute Gasteiger partial charge is 0.346 e. The first-order chi connectivity index (χ1) is 12.1. The summed E-state index contributed by atoms with van der Waals surface area (Å²) in [6, 6.07) is 12.5. The molecular formula is C20H29ClN4O. The van der Waals surface area contributed by atoms with Gasteiger partial charge in [0.1, 0.15) is 0 Å². The Morgan fingerprint density at radius 2 is 1.96 bits per heavy atom. The molecule has 1 aromatic carbocycles. The summed E-state index contributed by atoms with van der Waals surface area (Å²) in [4.78, 5) is 14.4. The number of benzene rings is 1. The molecule has 3 rings (SSSR count). The summed E-state index contributed by atoms with van der Waals surface area (Å²) in [5.74, 6) is 0.498. The Balaban J connectivity index is 0.00000243. The third-order valence-electron chi connectivity index (χ3n) is 4.99. The molecule has 0 unspecified atom stereocenters. The average molecular weight is 377 g/mol. The topological polar surface area (TPSA) is 50.2 Å². The lowest BCUT2D eigenvalue weighted by atomic mass is 9.96. The fourth-order valence-corrected chi connectivity index (χ4v) is 3.52. The zero-order chi connectivity index (χ0) is 17.6. The van der Waals surface area contributed by atoms with Crippen molar-refractivity contribution < 1.29 is 4.79 Å². The SMILES string of the molecule is CN(CCCc1cc(-c2ccccc2)n(C)n1)C(=O)C1CCNCC1.Cl. The van der Waals surface area contributed by atoms with Crippen molar-refractivity contribution in [3.63, 3.8) is 0 Å². The smallest absolute Gasteiger partial charge is 0.225 e. The molecule has 0 atom stereocenters. The van der Waals surface area contributed by atoms with E-state index in [4.69, 9.17) is 0 Å². The Bertz CT molecular complexity index is 695. The minimum absolute atomic E-state index is 0. The van der Waals surface area contributed by atoms with Crippen molar-refractivity contribution in [3.05, 3.63) is 42.1 Å². The number of nitrogens with one attached hydrogen (secondary N) is 1. The van der Waals surface area contributed by atoms with Gasteiger partial charge in [0.2, 0.25) is 5.91 Å². The van der Waals surface area contributed by atoms with E-state index in [1.165, 1.54) is 5.56 Å². The highest BCUT2D eigenvalue weighted by Crippen LogP contribution is 2.20. The van der Waals surface area contributed by atoms with E-state index in [1.807, 2.05) is 41.9 Å². The summed E-state index contributed by atoms with van der Waals surface area (Å²) >= 11 is 0. The van der Waals surface area contributed by atoms with Gasteiger partial charge in [-0.25, -0.2) is 0 Å². The van der Waals surface area contributed by atoms with E-state index >= 15 is 0 Å². The number of carbonyl (C=O) groups excluding carboxylic acids is 1. The first-order valence-corrected chi connectivity index (χ1v) is 9.19. The highest BCUT2D eigenvalue weighted by Gasteiger charge is 2.23. The molecular weight excluding hydrogens is 348 g/mol. The lowest BCUT2D eigenvalue weighted by molar-refractivity contribution is -0.135. The highest BCUT2D eigenvalue weighted by molar-refractivity contribution is 5.85. The maximum atomic E-state index is 12.5. The van der Waals surface area contributed by atoms with Gasteiger partial charge in [0, 0.05) is 26.6 Å². The number of nitrogens with zero attached hydrogens (tertiary/aromatic N) is 3. The third kappa shape index (κ3) is 5.08. The summed E-state index contributed by atoms with van der Waals surface area (Å²) in [5, 5.41) is 7.94. The Morgan fingerprint density at radius 1 is 1.27 bits per heavy atom. The van der Waals surface area contributed by atoms with Crippen LogP contribution in [-0.2, 0) is 18.3 Å². The molecule has 1 amide bonds. The standard InChI is InChI=1S/C20H28N4O.ClH/c1-23(20(25)17-10-12-21-13-11-17)14-6-9-18-15-19(24(2)22-18)16-7-4-3-5-8-16;/h3-5,7-8,15,17,21H,6,9-14H2,1-2H3;1H. The van der Waals surface area contributed by atoms with Gasteiger partial charge in [-0.2, -0.15) is 5.10 Å². The maximum absolute atomic E-state index is 12.5. The second-order valence-corrected chi connectivity index (χ2v) is 6.90. The molecule has 26 heavy (non-hydrogen) atoms. The average Bonchev–Trinajstić information content (AvgIpc) is 3.03. The number of aromatic nitrogens is 2. The summed E-state index contributed by atoms with van der Waals surface area (Å²) in [5.41, 5.74) is 3.40. The summed E-state index contributed by atoms with van der Waals surface area (Å²) < 4.78 is 1.94. The van der Waals surface area contributed by atoms with E-state index in [-0.39, 0.29) is 18.3 Å². The summed E-state index contributed by atoms with van der Waals surface area (Å²) in [6.45, 7) is 2.71. The van der Waals surface area contributed by atoms with E-state index in [9.17, 15) is 4.79 Å². The quantitative estimate of drug-likeness (QED) is 0.843. The van der Waals surface area contributed by atoms with E-state index in [0.29, 0.717) is 5.91 Å². The van der Waals surface area contributed by atoms with Gasteiger partial charge >= 0.3 is 0 Å². The number of rotatable bonds is 6. The fourth-order valence-electron chi connectivity index (χ4n) is 3.52. The Hall–Kier alpha value is -1.85. The van der Waals surface area contributed by atoms with Crippen molar-refractivity contribution in [2.24, 2.45) is 13.0 Å². The van der Waals surface area contributed by atoms with Crippen molar-refractivity contribution in [1.82, 2.24) is 20.0 Å². The molecule has 0 saturated carbocycles. The minimum atomic E-state index is 0. The van der Waals surface area contributed by atoms with E-state index < -0.39 is 0 Å². The van der Waals surface area contributed by atoms with Gasteiger partial charge in [0.15, 0.2) is 0 Å². The molecule has 0 aliphatic carbocycles. The molecule has 1 saturated heterocycles. The fraction of sp³-hybridized carbons (Fsp3) is 0.500. The second-order valence-electron chi connectivity index (χ2n) is 6.90. The van der Waals surface area contributed by atoms with Gasteiger partial charge in [-0.15, -0.1) is 12.4 Å². The molecule has 2 heterocycles. The number of hydrogen-bond acceptors (Lipinski definition) is 3. The van der Waals surface area contributed by atoms with Crippen molar-refractivity contribution in [2.75, 3.05) is 26.7 Å². The molecule has 0 spiro atoms. The molecule has 1 aliphatic heterocycles. The van der Waals surface area contributed by atoms with E-state index in [0.717, 1.165) is 56.7 Å². The first kappa shape index (κ1) is 20.5.